The van der Waals surface area contributed by atoms with Crippen LogP contribution in [0, 0.1) is 11.8 Å². The van der Waals surface area contributed by atoms with Crippen LogP contribution in [0.5, 0.6) is 0 Å². The monoisotopic (exact) mass is 335 g/mol. The Bertz CT molecular complexity index is 553. The quantitative estimate of drug-likeness (QED) is 0.660. The first kappa shape index (κ1) is 17.7. The van der Waals surface area contributed by atoms with Gasteiger partial charge in [-0.25, -0.2) is 4.79 Å². The second kappa shape index (κ2) is 8.29. The third-order valence-electron chi connectivity index (χ3n) is 4.62. The molecule has 0 aliphatic heterocycles. The molecule has 1 heterocycles. The summed E-state index contributed by atoms with van der Waals surface area (Å²) in [5.74, 6) is 0.356. The standard InChI is InChI=1S/C18H25NO3S/c1-12-6-4-8-16(13(12)2)19-18(21)14(3)22-17(20)10-9-15-7-5-11-23-15/h5,7,9-14,16H,4,6,8H2,1-3H3,(H,19,21)/b10-9+/t12-,13+,14+,16-/m0/s1. The van der Waals surface area contributed by atoms with Crippen molar-refractivity contribution >= 4 is 29.3 Å². The lowest BCUT2D eigenvalue weighted by Crippen LogP contribution is -2.47. The zero-order valence-corrected chi connectivity index (χ0v) is 14.8. The molecule has 0 bridgehead atoms. The molecule has 1 aliphatic rings. The van der Waals surface area contributed by atoms with Gasteiger partial charge in [-0.3, -0.25) is 4.79 Å². The highest BCUT2D eigenvalue weighted by Crippen LogP contribution is 2.29. The molecular formula is C18H25NO3S. The second-order valence-corrected chi connectivity index (χ2v) is 7.29. The lowest BCUT2D eigenvalue weighted by Gasteiger charge is -2.35. The van der Waals surface area contributed by atoms with Gasteiger partial charge in [0.1, 0.15) is 0 Å². The van der Waals surface area contributed by atoms with Gasteiger partial charge in [0.2, 0.25) is 0 Å². The summed E-state index contributed by atoms with van der Waals surface area (Å²) in [5.41, 5.74) is 0. The molecule has 5 heteroatoms. The molecule has 126 valence electrons. The Morgan fingerprint density at radius 1 is 1.39 bits per heavy atom. The molecule has 4 nitrogen and oxygen atoms in total. The van der Waals surface area contributed by atoms with Gasteiger partial charge in [0.25, 0.3) is 5.91 Å². The highest BCUT2D eigenvalue weighted by atomic mass is 32.1. The molecule has 0 radical (unpaired) electrons. The SMILES string of the molecule is C[C@H]1[C@@H](NC(=O)[C@@H](C)OC(=O)/C=C/c2cccs2)CCC[C@@H]1C. The van der Waals surface area contributed by atoms with Gasteiger partial charge in [0.15, 0.2) is 6.10 Å². The van der Waals surface area contributed by atoms with Crippen LogP contribution in [0.15, 0.2) is 23.6 Å². The molecule has 1 fully saturated rings. The third-order valence-corrected chi connectivity index (χ3v) is 5.46. The number of nitrogens with one attached hydrogen (secondary N) is 1. The van der Waals surface area contributed by atoms with E-state index in [-0.39, 0.29) is 11.9 Å². The predicted octanol–water partition coefficient (Wildman–Crippen LogP) is 3.63. The zero-order valence-electron chi connectivity index (χ0n) is 14.0. The van der Waals surface area contributed by atoms with Gasteiger partial charge in [0, 0.05) is 17.0 Å². The Labute approximate surface area is 141 Å². The van der Waals surface area contributed by atoms with Gasteiger partial charge >= 0.3 is 5.97 Å². The predicted molar refractivity (Wildman–Crippen MR) is 93.0 cm³/mol. The second-order valence-electron chi connectivity index (χ2n) is 6.31. The van der Waals surface area contributed by atoms with Crippen molar-refractivity contribution in [3.63, 3.8) is 0 Å². The molecule has 4 atom stereocenters. The highest BCUT2D eigenvalue weighted by Gasteiger charge is 2.29. The summed E-state index contributed by atoms with van der Waals surface area (Å²) >= 11 is 1.54. The molecule has 0 aromatic carbocycles. The van der Waals surface area contributed by atoms with Crippen LogP contribution < -0.4 is 5.32 Å². The number of thiophene rings is 1. The van der Waals surface area contributed by atoms with Crippen molar-refractivity contribution in [1.82, 2.24) is 5.32 Å². The van der Waals surface area contributed by atoms with Crippen molar-refractivity contribution in [3.8, 4) is 0 Å². The molecule has 1 amide bonds. The molecule has 0 saturated heterocycles. The molecule has 1 N–H and O–H groups in total. The number of esters is 1. The zero-order chi connectivity index (χ0) is 16.8. The van der Waals surface area contributed by atoms with Gasteiger partial charge in [-0.1, -0.05) is 32.8 Å². The van der Waals surface area contributed by atoms with Crippen LogP contribution in [0.1, 0.15) is 44.9 Å². The van der Waals surface area contributed by atoms with E-state index < -0.39 is 12.1 Å². The fourth-order valence-corrected chi connectivity index (χ4v) is 3.51. The first-order valence-corrected chi connectivity index (χ1v) is 9.08. The maximum Gasteiger partial charge on any atom is 0.331 e. The molecule has 1 aromatic rings. The smallest absolute Gasteiger partial charge is 0.331 e. The van der Waals surface area contributed by atoms with E-state index in [0.717, 1.165) is 17.7 Å². The van der Waals surface area contributed by atoms with E-state index in [9.17, 15) is 9.59 Å². The Morgan fingerprint density at radius 2 is 2.17 bits per heavy atom. The Morgan fingerprint density at radius 3 is 2.87 bits per heavy atom. The van der Waals surface area contributed by atoms with Crippen LogP contribution >= 0.6 is 11.3 Å². The fraction of sp³-hybridized carbons (Fsp3) is 0.556. The summed E-state index contributed by atoms with van der Waals surface area (Å²) < 4.78 is 5.18. The van der Waals surface area contributed by atoms with E-state index >= 15 is 0 Å². The van der Waals surface area contributed by atoms with Gasteiger partial charge in [-0.05, 0) is 42.7 Å². The summed E-state index contributed by atoms with van der Waals surface area (Å²) in [5, 5.41) is 4.97. The van der Waals surface area contributed by atoms with Gasteiger partial charge < -0.3 is 10.1 Å². The summed E-state index contributed by atoms with van der Waals surface area (Å²) in [7, 11) is 0. The highest BCUT2D eigenvalue weighted by molar-refractivity contribution is 7.10. The van der Waals surface area contributed by atoms with Crippen molar-refractivity contribution in [3.05, 3.63) is 28.5 Å². The van der Waals surface area contributed by atoms with Crippen LogP contribution in [-0.2, 0) is 14.3 Å². The average molecular weight is 335 g/mol. The number of carbonyl (C=O) groups is 2. The van der Waals surface area contributed by atoms with Gasteiger partial charge in [0.05, 0.1) is 0 Å². The molecule has 1 aromatic heterocycles. The minimum absolute atomic E-state index is 0.175. The van der Waals surface area contributed by atoms with Crippen LogP contribution in [0.2, 0.25) is 0 Å². The van der Waals surface area contributed by atoms with Crippen molar-refractivity contribution in [2.24, 2.45) is 11.8 Å². The summed E-state index contributed by atoms with van der Waals surface area (Å²) in [6, 6.07) is 4.00. The number of amides is 1. The average Bonchev–Trinajstić information content (AvgIpc) is 3.03. The lowest BCUT2D eigenvalue weighted by atomic mass is 9.78. The van der Waals surface area contributed by atoms with E-state index in [1.54, 1.807) is 13.0 Å². The first-order chi connectivity index (χ1) is 11.0. The normalized spacial score (nSPS) is 26.0. The van der Waals surface area contributed by atoms with Crippen LogP contribution in [0.3, 0.4) is 0 Å². The number of rotatable bonds is 5. The summed E-state index contributed by atoms with van der Waals surface area (Å²) in [4.78, 5) is 25.0. The Kier molecular flexibility index (Phi) is 6.39. The summed E-state index contributed by atoms with van der Waals surface area (Å²) in [6.45, 7) is 6.01. The topological polar surface area (TPSA) is 55.4 Å². The van der Waals surface area contributed by atoms with Crippen molar-refractivity contribution in [2.75, 3.05) is 0 Å². The van der Waals surface area contributed by atoms with Gasteiger partial charge in [-0.2, -0.15) is 0 Å². The number of ether oxygens (including phenoxy) is 1. The summed E-state index contributed by atoms with van der Waals surface area (Å²) in [6.07, 6.45) is 5.62. The van der Waals surface area contributed by atoms with Crippen molar-refractivity contribution in [1.29, 1.82) is 0 Å². The van der Waals surface area contributed by atoms with Crippen LogP contribution in [0.25, 0.3) is 6.08 Å². The molecule has 1 saturated carbocycles. The molecular weight excluding hydrogens is 310 g/mol. The van der Waals surface area contributed by atoms with Gasteiger partial charge in [-0.15, -0.1) is 11.3 Å². The largest absolute Gasteiger partial charge is 0.449 e. The molecule has 0 unspecified atom stereocenters. The maximum atomic E-state index is 12.2. The molecule has 2 rings (SSSR count). The van der Waals surface area contributed by atoms with E-state index in [0.29, 0.717) is 11.8 Å². The number of carbonyl (C=O) groups excluding carboxylic acids is 2. The minimum Gasteiger partial charge on any atom is -0.449 e. The molecule has 0 spiro atoms. The van der Waals surface area contributed by atoms with Crippen molar-refractivity contribution < 1.29 is 14.3 Å². The Balaban J connectivity index is 1.81. The number of hydrogen-bond acceptors (Lipinski definition) is 4. The fourth-order valence-electron chi connectivity index (χ4n) is 2.89. The van der Waals surface area contributed by atoms with E-state index in [4.69, 9.17) is 4.74 Å². The van der Waals surface area contributed by atoms with Crippen LogP contribution in [0.4, 0.5) is 0 Å². The first-order valence-electron chi connectivity index (χ1n) is 8.20. The minimum atomic E-state index is -0.778. The maximum absolute atomic E-state index is 12.2. The molecule has 1 aliphatic carbocycles. The van der Waals surface area contributed by atoms with E-state index in [2.05, 4.69) is 19.2 Å². The van der Waals surface area contributed by atoms with Crippen LogP contribution in [-0.4, -0.2) is 24.0 Å². The molecule has 23 heavy (non-hydrogen) atoms. The van der Waals surface area contributed by atoms with Crippen molar-refractivity contribution in [2.45, 2.75) is 52.2 Å². The third kappa shape index (κ3) is 5.20. The number of hydrogen-bond donors (Lipinski definition) is 1. The van der Waals surface area contributed by atoms with E-state index in [1.807, 2.05) is 17.5 Å². The lowest BCUT2D eigenvalue weighted by molar-refractivity contribution is -0.150. The Hall–Kier alpha value is -1.62. The van der Waals surface area contributed by atoms with E-state index in [1.165, 1.54) is 23.8 Å².